The Balaban J connectivity index is 1.95. The first-order valence-electron chi connectivity index (χ1n) is 6.44. The van der Waals surface area contributed by atoms with Crippen LogP contribution < -0.4 is 15.4 Å². The van der Waals surface area contributed by atoms with Gasteiger partial charge in [-0.3, -0.25) is 0 Å². The fourth-order valence-electron chi connectivity index (χ4n) is 1.77. The highest BCUT2D eigenvalue weighted by molar-refractivity contribution is 6.32. The smallest absolute Gasteiger partial charge is 0.157 e. The summed E-state index contributed by atoms with van der Waals surface area (Å²) in [7, 11) is 1.74. The molecule has 0 radical (unpaired) electrons. The van der Waals surface area contributed by atoms with E-state index in [9.17, 15) is 4.39 Å². The molecular formula is C14H16ClFN4O. The quantitative estimate of drug-likeness (QED) is 0.802. The van der Waals surface area contributed by atoms with Crippen molar-refractivity contribution in [3.63, 3.8) is 0 Å². The number of rotatable bonds is 6. The van der Waals surface area contributed by atoms with Crippen molar-refractivity contribution in [3.05, 3.63) is 41.6 Å². The van der Waals surface area contributed by atoms with Gasteiger partial charge in [0.1, 0.15) is 29.7 Å². The Morgan fingerprint density at radius 1 is 1.38 bits per heavy atom. The Morgan fingerprint density at radius 2 is 2.19 bits per heavy atom. The van der Waals surface area contributed by atoms with Crippen molar-refractivity contribution >= 4 is 23.1 Å². The molecule has 1 unspecified atom stereocenters. The van der Waals surface area contributed by atoms with Crippen LogP contribution in [0, 0.1) is 5.82 Å². The maximum absolute atomic E-state index is 13.1. The predicted octanol–water partition coefficient (Wildman–Crippen LogP) is 3.19. The molecule has 0 spiro atoms. The molecule has 2 aromatic rings. The fourth-order valence-corrected chi connectivity index (χ4v) is 2.00. The molecule has 2 rings (SSSR count). The maximum atomic E-state index is 13.1. The summed E-state index contributed by atoms with van der Waals surface area (Å²) >= 11 is 5.97. The highest BCUT2D eigenvalue weighted by Gasteiger charge is 2.10. The molecule has 0 aliphatic heterocycles. The van der Waals surface area contributed by atoms with E-state index >= 15 is 0 Å². The Bertz CT molecular complexity index is 611. The predicted molar refractivity (Wildman–Crippen MR) is 81.6 cm³/mol. The van der Waals surface area contributed by atoms with E-state index in [-0.39, 0.29) is 11.9 Å². The molecule has 0 amide bonds. The Kier molecular flexibility index (Phi) is 5.16. The van der Waals surface area contributed by atoms with E-state index in [1.807, 2.05) is 6.92 Å². The van der Waals surface area contributed by atoms with Gasteiger partial charge in [0.2, 0.25) is 0 Å². The monoisotopic (exact) mass is 310 g/mol. The summed E-state index contributed by atoms with van der Waals surface area (Å²) in [6.07, 6.45) is 1.20. The number of hydrogen-bond acceptors (Lipinski definition) is 5. The van der Waals surface area contributed by atoms with Crippen LogP contribution in [0.15, 0.2) is 30.6 Å². The van der Waals surface area contributed by atoms with Crippen molar-refractivity contribution in [3.8, 4) is 5.75 Å². The molecule has 0 aliphatic carbocycles. The molecule has 2 N–H and O–H groups in total. The molecule has 1 atom stereocenters. The first-order chi connectivity index (χ1) is 10.1. The van der Waals surface area contributed by atoms with E-state index in [4.69, 9.17) is 16.3 Å². The van der Waals surface area contributed by atoms with Gasteiger partial charge in [-0.2, -0.15) is 0 Å². The lowest BCUT2D eigenvalue weighted by Crippen LogP contribution is -2.23. The fraction of sp³-hybridized carbons (Fsp3) is 0.286. The lowest BCUT2D eigenvalue weighted by molar-refractivity contribution is 0.233. The molecule has 21 heavy (non-hydrogen) atoms. The standard InChI is InChI=1S/C14H16ClFN4O/c1-9(21-11-5-3-4-10(16)6-11)7-18-14-12(17-2)13(15)19-8-20-14/h3-6,8-9,17H,7H2,1-2H3,(H,18,19,20). The lowest BCUT2D eigenvalue weighted by Gasteiger charge is -2.17. The first-order valence-corrected chi connectivity index (χ1v) is 6.82. The van der Waals surface area contributed by atoms with E-state index in [1.54, 1.807) is 19.2 Å². The zero-order chi connectivity index (χ0) is 15.2. The van der Waals surface area contributed by atoms with Gasteiger partial charge in [0.15, 0.2) is 11.0 Å². The van der Waals surface area contributed by atoms with Crippen LogP contribution in [-0.2, 0) is 0 Å². The van der Waals surface area contributed by atoms with Gasteiger partial charge in [-0.05, 0) is 19.1 Å². The first kappa shape index (κ1) is 15.3. The van der Waals surface area contributed by atoms with Gasteiger partial charge in [0, 0.05) is 13.1 Å². The number of hydrogen-bond donors (Lipinski definition) is 2. The van der Waals surface area contributed by atoms with Crippen LogP contribution in [0.5, 0.6) is 5.75 Å². The van der Waals surface area contributed by atoms with Crippen LogP contribution in [0.4, 0.5) is 15.9 Å². The van der Waals surface area contributed by atoms with Crippen LogP contribution in [0.3, 0.4) is 0 Å². The van der Waals surface area contributed by atoms with Crippen molar-refractivity contribution < 1.29 is 9.13 Å². The molecule has 0 saturated carbocycles. The van der Waals surface area contributed by atoms with Crippen molar-refractivity contribution in [1.29, 1.82) is 0 Å². The van der Waals surface area contributed by atoms with Crippen LogP contribution in [0.25, 0.3) is 0 Å². The van der Waals surface area contributed by atoms with Crippen molar-refractivity contribution in [1.82, 2.24) is 9.97 Å². The van der Waals surface area contributed by atoms with Crippen LogP contribution in [-0.4, -0.2) is 29.7 Å². The number of aromatic nitrogens is 2. The second kappa shape index (κ2) is 7.08. The van der Waals surface area contributed by atoms with E-state index in [1.165, 1.54) is 18.5 Å². The number of nitrogens with one attached hydrogen (secondary N) is 2. The minimum absolute atomic E-state index is 0.176. The number of nitrogens with zero attached hydrogens (tertiary/aromatic N) is 2. The van der Waals surface area contributed by atoms with E-state index in [0.717, 1.165) is 0 Å². The van der Waals surface area contributed by atoms with Crippen molar-refractivity contribution in [2.24, 2.45) is 0 Å². The number of benzene rings is 1. The zero-order valence-electron chi connectivity index (χ0n) is 11.7. The normalized spacial score (nSPS) is 11.8. The molecule has 1 aromatic heterocycles. The van der Waals surface area contributed by atoms with E-state index in [0.29, 0.717) is 29.0 Å². The lowest BCUT2D eigenvalue weighted by atomic mass is 10.3. The highest BCUT2D eigenvalue weighted by Crippen LogP contribution is 2.25. The molecule has 112 valence electrons. The number of halogens is 2. The SMILES string of the molecule is CNc1c(Cl)ncnc1NCC(C)Oc1cccc(F)c1. The molecule has 1 aromatic carbocycles. The molecular weight excluding hydrogens is 295 g/mol. The second-order valence-electron chi connectivity index (χ2n) is 4.40. The van der Waals surface area contributed by atoms with Gasteiger partial charge >= 0.3 is 0 Å². The topological polar surface area (TPSA) is 59.1 Å². The van der Waals surface area contributed by atoms with Gasteiger partial charge < -0.3 is 15.4 Å². The number of ether oxygens (including phenoxy) is 1. The van der Waals surface area contributed by atoms with Gasteiger partial charge in [0.05, 0.1) is 6.54 Å². The molecule has 0 fully saturated rings. The van der Waals surface area contributed by atoms with Gasteiger partial charge in [-0.1, -0.05) is 17.7 Å². The zero-order valence-corrected chi connectivity index (χ0v) is 12.5. The van der Waals surface area contributed by atoms with E-state index < -0.39 is 0 Å². The molecule has 5 nitrogen and oxygen atoms in total. The second-order valence-corrected chi connectivity index (χ2v) is 4.76. The summed E-state index contributed by atoms with van der Waals surface area (Å²) < 4.78 is 18.7. The van der Waals surface area contributed by atoms with Crippen LogP contribution in [0.2, 0.25) is 5.15 Å². The van der Waals surface area contributed by atoms with Crippen LogP contribution >= 0.6 is 11.6 Å². The average Bonchev–Trinajstić information content (AvgIpc) is 2.45. The number of anilines is 2. The van der Waals surface area contributed by atoms with Crippen molar-refractivity contribution in [2.75, 3.05) is 24.2 Å². The Labute approximate surface area is 127 Å². The summed E-state index contributed by atoms with van der Waals surface area (Å²) in [5, 5.41) is 6.40. The summed E-state index contributed by atoms with van der Waals surface area (Å²) in [5.74, 6) is 0.749. The third-order valence-electron chi connectivity index (χ3n) is 2.74. The average molecular weight is 311 g/mol. The Morgan fingerprint density at radius 3 is 2.90 bits per heavy atom. The highest BCUT2D eigenvalue weighted by atomic mass is 35.5. The molecule has 7 heteroatoms. The minimum Gasteiger partial charge on any atom is -0.489 e. The summed E-state index contributed by atoms with van der Waals surface area (Å²) in [5.41, 5.74) is 0.622. The van der Waals surface area contributed by atoms with Gasteiger partial charge in [-0.25, -0.2) is 14.4 Å². The van der Waals surface area contributed by atoms with Crippen molar-refractivity contribution in [2.45, 2.75) is 13.0 Å². The third kappa shape index (κ3) is 4.19. The van der Waals surface area contributed by atoms with Crippen LogP contribution in [0.1, 0.15) is 6.92 Å². The summed E-state index contributed by atoms with van der Waals surface area (Å²) in [6.45, 7) is 2.36. The molecule has 1 heterocycles. The van der Waals surface area contributed by atoms with Gasteiger partial charge in [0.25, 0.3) is 0 Å². The van der Waals surface area contributed by atoms with E-state index in [2.05, 4.69) is 20.6 Å². The maximum Gasteiger partial charge on any atom is 0.157 e. The minimum atomic E-state index is -0.326. The van der Waals surface area contributed by atoms with Gasteiger partial charge in [-0.15, -0.1) is 0 Å². The summed E-state index contributed by atoms with van der Waals surface area (Å²) in [4.78, 5) is 8.01. The Hall–Kier alpha value is -2.08. The third-order valence-corrected chi connectivity index (χ3v) is 3.03. The summed E-state index contributed by atoms with van der Waals surface area (Å²) in [6, 6.07) is 6.03. The largest absolute Gasteiger partial charge is 0.489 e. The molecule has 0 saturated heterocycles. The molecule has 0 bridgehead atoms. The molecule has 0 aliphatic rings.